The molecule has 0 bridgehead atoms. The molecule has 9 nitrogen and oxygen atoms in total. The lowest BCUT2D eigenvalue weighted by atomic mass is 10.1. The van der Waals surface area contributed by atoms with Crippen molar-refractivity contribution in [3.63, 3.8) is 0 Å². The van der Waals surface area contributed by atoms with Crippen molar-refractivity contribution in [2.75, 3.05) is 26.4 Å². The molecular formula is C41H76NO8P. The van der Waals surface area contributed by atoms with Crippen LogP contribution in [0.2, 0.25) is 0 Å². The van der Waals surface area contributed by atoms with Gasteiger partial charge in [0.05, 0.1) is 13.2 Å². The Morgan fingerprint density at radius 2 is 1.04 bits per heavy atom. The summed E-state index contributed by atoms with van der Waals surface area (Å²) >= 11 is 0. The van der Waals surface area contributed by atoms with Crippen LogP contribution >= 0.6 is 7.82 Å². The Morgan fingerprint density at radius 3 is 1.57 bits per heavy atom. The standard InChI is InChI=1S/C41H76NO8P/c1-3-5-7-9-11-13-15-16-17-18-19-20-21-22-24-25-27-29-31-33-40(43)47-37-39(38-49-51(45,46)48-36-35-42)50-41(44)34-32-30-28-26-23-14-12-10-8-6-4-2/h10-13,16-17,39H,3-9,14-15,18-38,42H2,1-2H3,(H,45,46)/b12-10-,13-11-,17-16-/t39-/m1/s1. The molecule has 0 saturated carbocycles. The zero-order valence-corrected chi connectivity index (χ0v) is 33.5. The highest BCUT2D eigenvalue weighted by molar-refractivity contribution is 7.47. The SMILES string of the molecule is CCCC/C=C\CCCCCCCC(=O)O[C@H](COC(=O)CCCCCCCCCCC/C=C\C/C=C\CCCCC)COP(=O)(O)OCCN. The number of hydrogen-bond donors (Lipinski definition) is 2. The fraction of sp³-hybridized carbons (Fsp3) is 0.805. The summed E-state index contributed by atoms with van der Waals surface area (Å²) < 4.78 is 32.7. The molecular weight excluding hydrogens is 665 g/mol. The highest BCUT2D eigenvalue weighted by Crippen LogP contribution is 2.43. The molecule has 0 rings (SSSR count). The van der Waals surface area contributed by atoms with Crippen LogP contribution in [0, 0.1) is 0 Å². The lowest BCUT2D eigenvalue weighted by Crippen LogP contribution is -2.29. The van der Waals surface area contributed by atoms with Gasteiger partial charge in [-0.25, -0.2) is 4.57 Å². The number of allylic oxidation sites excluding steroid dienone is 6. The molecule has 0 amide bonds. The molecule has 0 aliphatic carbocycles. The second-order valence-corrected chi connectivity index (χ2v) is 14.9. The minimum atomic E-state index is -4.37. The van der Waals surface area contributed by atoms with Crippen LogP contribution in [0.25, 0.3) is 0 Å². The van der Waals surface area contributed by atoms with Crippen molar-refractivity contribution in [2.45, 2.75) is 187 Å². The molecule has 0 saturated heterocycles. The molecule has 0 aromatic heterocycles. The highest BCUT2D eigenvalue weighted by Gasteiger charge is 2.26. The molecule has 0 aliphatic rings. The number of rotatable bonds is 38. The fourth-order valence-corrected chi connectivity index (χ4v) is 6.17. The van der Waals surface area contributed by atoms with Crippen molar-refractivity contribution in [3.05, 3.63) is 36.5 Å². The van der Waals surface area contributed by atoms with Gasteiger partial charge in [0.2, 0.25) is 0 Å². The Bertz CT molecular complexity index is 939. The molecule has 0 aromatic carbocycles. The van der Waals surface area contributed by atoms with Crippen molar-refractivity contribution >= 4 is 19.8 Å². The molecule has 3 N–H and O–H groups in total. The van der Waals surface area contributed by atoms with E-state index in [2.05, 4.69) is 50.3 Å². The van der Waals surface area contributed by atoms with Crippen LogP contribution in [0.3, 0.4) is 0 Å². The van der Waals surface area contributed by atoms with E-state index in [9.17, 15) is 19.0 Å². The number of esters is 2. The largest absolute Gasteiger partial charge is 0.472 e. The number of unbranched alkanes of at least 4 members (excludes halogenated alkanes) is 19. The Kier molecular flexibility index (Phi) is 36.7. The Morgan fingerprint density at radius 1 is 0.588 bits per heavy atom. The van der Waals surface area contributed by atoms with E-state index in [0.717, 1.165) is 64.2 Å². The summed E-state index contributed by atoms with van der Waals surface area (Å²) in [5.74, 6) is -0.845. The van der Waals surface area contributed by atoms with Crippen LogP contribution in [-0.4, -0.2) is 49.3 Å². The van der Waals surface area contributed by atoms with Gasteiger partial charge in [0, 0.05) is 19.4 Å². The molecule has 0 heterocycles. The fourth-order valence-electron chi connectivity index (χ4n) is 5.41. The smallest absolute Gasteiger partial charge is 0.462 e. The minimum Gasteiger partial charge on any atom is -0.462 e. The second-order valence-electron chi connectivity index (χ2n) is 13.5. The molecule has 0 fully saturated rings. The lowest BCUT2D eigenvalue weighted by molar-refractivity contribution is -0.161. The van der Waals surface area contributed by atoms with Crippen molar-refractivity contribution < 1.29 is 37.6 Å². The lowest BCUT2D eigenvalue weighted by Gasteiger charge is -2.19. The third-order valence-electron chi connectivity index (χ3n) is 8.50. The first-order valence-electron chi connectivity index (χ1n) is 20.5. The molecule has 10 heteroatoms. The summed E-state index contributed by atoms with van der Waals surface area (Å²) in [6.45, 7) is 3.65. The van der Waals surface area contributed by atoms with Gasteiger partial charge >= 0.3 is 19.8 Å². The maximum atomic E-state index is 12.5. The van der Waals surface area contributed by atoms with Crippen LogP contribution in [-0.2, 0) is 32.7 Å². The van der Waals surface area contributed by atoms with Gasteiger partial charge in [-0.2, -0.15) is 0 Å². The summed E-state index contributed by atoms with van der Waals surface area (Å²) in [5.41, 5.74) is 5.33. The van der Waals surface area contributed by atoms with Gasteiger partial charge < -0.3 is 20.1 Å². The summed E-state index contributed by atoms with van der Waals surface area (Å²) in [5, 5.41) is 0. The van der Waals surface area contributed by atoms with Gasteiger partial charge in [-0.1, -0.05) is 140 Å². The third-order valence-corrected chi connectivity index (χ3v) is 9.48. The first-order valence-corrected chi connectivity index (χ1v) is 22.0. The summed E-state index contributed by atoms with van der Waals surface area (Å²) in [4.78, 5) is 34.7. The maximum absolute atomic E-state index is 12.5. The van der Waals surface area contributed by atoms with Crippen LogP contribution in [0.1, 0.15) is 181 Å². The van der Waals surface area contributed by atoms with E-state index >= 15 is 0 Å². The first-order chi connectivity index (χ1) is 24.8. The van der Waals surface area contributed by atoms with Crippen molar-refractivity contribution in [1.82, 2.24) is 0 Å². The van der Waals surface area contributed by atoms with E-state index in [4.69, 9.17) is 24.3 Å². The van der Waals surface area contributed by atoms with Gasteiger partial charge in [0.1, 0.15) is 6.61 Å². The van der Waals surface area contributed by atoms with Gasteiger partial charge in [-0.05, 0) is 64.2 Å². The van der Waals surface area contributed by atoms with E-state index in [0.29, 0.717) is 6.42 Å². The number of carbonyl (C=O) groups excluding carboxylic acids is 2. The Balaban J connectivity index is 4.13. The monoisotopic (exact) mass is 742 g/mol. The highest BCUT2D eigenvalue weighted by atomic mass is 31.2. The second kappa shape index (κ2) is 38.0. The van der Waals surface area contributed by atoms with Gasteiger partial charge in [0.25, 0.3) is 0 Å². The zero-order valence-electron chi connectivity index (χ0n) is 32.6. The van der Waals surface area contributed by atoms with E-state index in [1.165, 1.54) is 83.5 Å². The summed E-state index contributed by atoms with van der Waals surface area (Å²) in [7, 11) is -4.37. The summed E-state index contributed by atoms with van der Waals surface area (Å²) in [6.07, 6.45) is 40.3. The van der Waals surface area contributed by atoms with Crippen LogP contribution in [0.15, 0.2) is 36.5 Å². The number of hydrogen-bond acceptors (Lipinski definition) is 8. The molecule has 0 spiro atoms. The average Bonchev–Trinajstić information content (AvgIpc) is 3.11. The predicted octanol–water partition coefficient (Wildman–Crippen LogP) is 11.4. The van der Waals surface area contributed by atoms with E-state index in [1.54, 1.807) is 0 Å². The zero-order chi connectivity index (χ0) is 37.5. The number of ether oxygens (including phenoxy) is 2. The number of phosphoric ester groups is 1. The number of phosphoric acid groups is 1. The van der Waals surface area contributed by atoms with E-state index in [1.807, 2.05) is 0 Å². The van der Waals surface area contributed by atoms with Crippen LogP contribution in [0.4, 0.5) is 0 Å². The average molecular weight is 742 g/mol. The minimum absolute atomic E-state index is 0.0511. The van der Waals surface area contributed by atoms with Crippen molar-refractivity contribution in [1.29, 1.82) is 0 Å². The predicted molar refractivity (Wildman–Crippen MR) is 210 cm³/mol. The van der Waals surface area contributed by atoms with E-state index < -0.39 is 26.5 Å². The maximum Gasteiger partial charge on any atom is 0.472 e. The summed E-state index contributed by atoms with van der Waals surface area (Å²) in [6, 6.07) is 0. The van der Waals surface area contributed by atoms with Gasteiger partial charge in [-0.3, -0.25) is 18.6 Å². The van der Waals surface area contributed by atoms with Crippen molar-refractivity contribution in [3.8, 4) is 0 Å². The molecule has 298 valence electrons. The third kappa shape index (κ3) is 37.8. The first kappa shape index (κ1) is 49.2. The Hall–Kier alpha value is -1.77. The quantitative estimate of drug-likeness (QED) is 0.0274. The number of nitrogens with two attached hydrogens (primary N) is 1. The van der Waals surface area contributed by atoms with Gasteiger partial charge in [0.15, 0.2) is 6.10 Å². The molecule has 51 heavy (non-hydrogen) atoms. The molecule has 2 atom stereocenters. The van der Waals surface area contributed by atoms with Crippen molar-refractivity contribution in [2.24, 2.45) is 5.73 Å². The number of carbonyl (C=O) groups is 2. The van der Waals surface area contributed by atoms with Crippen LogP contribution < -0.4 is 5.73 Å². The molecule has 0 radical (unpaired) electrons. The van der Waals surface area contributed by atoms with Gasteiger partial charge in [-0.15, -0.1) is 0 Å². The molecule has 1 unspecified atom stereocenters. The van der Waals surface area contributed by atoms with Crippen LogP contribution in [0.5, 0.6) is 0 Å². The van der Waals surface area contributed by atoms with E-state index in [-0.39, 0.29) is 38.6 Å². The molecule has 0 aromatic rings. The molecule has 0 aliphatic heterocycles. The normalized spacial score (nSPS) is 13.7. The Labute approximate surface area is 312 Å². The topological polar surface area (TPSA) is 134 Å².